The fraction of sp³-hybridized carbons (Fsp3) is 0.458. The molecule has 0 saturated carbocycles. The molecule has 8 nitrogen and oxygen atoms in total. The van der Waals surface area contributed by atoms with Gasteiger partial charge in [-0.15, -0.1) is 24.0 Å². The Kier molecular flexibility index (Phi) is 12.6. The third kappa shape index (κ3) is 7.76. The maximum atomic E-state index is 5.54. The van der Waals surface area contributed by atoms with Crippen molar-refractivity contribution >= 4 is 29.9 Å². The number of guanidine groups is 1. The molecule has 9 heteroatoms. The van der Waals surface area contributed by atoms with Crippen LogP contribution in [0.5, 0.6) is 28.7 Å². The minimum atomic E-state index is -0.0529. The topological polar surface area (TPSA) is 82.6 Å². The Hall–Kier alpha value is -2.56. The minimum absolute atomic E-state index is 0. The molecule has 0 aliphatic rings. The Morgan fingerprint density at radius 2 is 1.45 bits per heavy atom. The number of benzene rings is 2. The lowest BCUT2D eigenvalue weighted by Gasteiger charge is -2.21. The molecule has 0 saturated heterocycles. The fourth-order valence-corrected chi connectivity index (χ4v) is 3.38. The van der Waals surface area contributed by atoms with Crippen molar-refractivity contribution < 1.29 is 23.7 Å². The van der Waals surface area contributed by atoms with E-state index in [4.69, 9.17) is 28.7 Å². The van der Waals surface area contributed by atoms with Crippen molar-refractivity contribution in [2.75, 3.05) is 48.6 Å². The van der Waals surface area contributed by atoms with Gasteiger partial charge >= 0.3 is 0 Å². The summed E-state index contributed by atoms with van der Waals surface area (Å²) >= 11 is 0. The first-order valence-corrected chi connectivity index (χ1v) is 10.6. The largest absolute Gasteiger partial charge is 0.497 e. The van der Waals surface area contributed by atoms with Crippen molar-refractivity contribution in [1.82, 2.24) is 10.6 Å². The van der Waals surface area contributed by atoms with Crippen LogP contribution in [-0.4, -0.2) is 54.6 Å². The Morgan fingerprint density at radius 1 is 0.848 bits per heavy atom. The molecule has 0 heterocycles. The van der Waals surface area contributed by atoms with E-state index in [-0.39, 0.29) is 30.0 Å². The summed E-state index contributed by atoms with van der Waals surface area (Å²) in [6.45, 7) is 5.36. The normalized spacial score (nSPS) is 11.7. The van der Waals surface area contributed by atoms with Crippen LogP contribution in [0.3, 0.4) is 0 Å². The van der Waals surface area contributed by atoms with Crippen LogP contribution in [0, 0.1) is 0 Å². The smallest absolute Gasteiger partial charge is 0.191 e. The fourth-order valence-electron chi connectivity index (χ4n) is 3.38. The molecule has 0 aliphatic heterocycles. The molecule has 0 radical (unpaired) electrons. The van der Waals surface area contributed by atoms with Gasteiger partial charge in [-0.25, -0.2) is 0 Å². The first-order valence-electron chi connectivity index (χ1n) is 10.6. The minimum Gasteiger partial charge on any atom is -0.497 e. The van der Waals surface area contributed by atoms with Crippen molar-refractivity contribution in [1.29, 1.82) is 0 Å². The zero-order chi connectivity index (χ0) is 23.5. The average Bonchev–Trinajstić information content (AvgIpc) is 2.83. The molecule has 184 valence electrons. The van der Waals surface area contributed by atoms with Gasteiger partial charge in [0.25, 0.3) is 0 Å². The molecule has 0 bridgehead atoms. The predicted octanol–water partition coefficient (Wildman–Crippen LogP) is 4.21. The van der Waals surface area contributed by atoms with E-state index in [1.807, 2.05) is 37.3 Å². The summed E-state index contributed by atoms with van der Waals surface area (Å²) in [6.07, 6.45) is 0.643. The van der Waals surface area contributed by atoms with E-state index < -0.39 is 0 Å². The van der Waals surface area contributed by atoms with Crippen molar-refractivity contribution in [3.8, 4) is 28.7 Å². The SMILES string of the molecule is CCNC(=NCCc1c(OC)cc(OC)cc1OC)NC(C)c1cc(OC)ccc1OC.I. The van der Waals surface area contributed by atoms with Gasteiger partial charge in [0, 0.05) is 36.3 Å². The number of hydrogen-bond acceptors (Lipinski definition) is 6. The summed E-state index contributed by atoms with van der Waals surface area (Å²) in [5.74, 6) is 4.37. The van der Waals surface area contributed by atoms with Gasteiger partial charge < -0.3 is 34.3 Å². The van der Waals surface area contributed by atoms with Gasteiger partial charge in [-0.3, -0.25) is 4.99 Å². The number of hydrogen-bond donors (Lipinski definition) is 2. The van der Waals surface area contributed by atoms with Gasteiger partial charge in [0.05, 0.1) is 41.6 Å². The average molecular weight is 573 g/mol. The van der Waals surface area contributed by atoms with E-state index in [9.17, 15) is 0 Å². The number of ether oxygens (including phenoxy) is 5. The van der Waals surface area contributed by atoms with Crippen LogP contribution in [0.2, 0.25) is 0 Å². The van der Waals surface area contributed by atoms with Crippen LogP contribution in [0.1, 0.15) is 31.0 Å². The van der Waals surface area contributed by atoms with Crippen LogP contribution in [0.15, 0.2) is 35.3 Å². The second-order valence-corrected chi connectivity index (χ2v) is 7.00. The molecule has 1 unspecified atom stereocenters. The number of rotatable bonds is 11. The summed E-state index contributed by atoms with van der Waals surface area (Å²) in [5.41, 5.74) is 1.92. The lowest BCUT2D eigenvalue weighted by Crippen LogP contribution is -2.39. The van der Waals surface area contributed by atoms with Crippen LogP contribution >= 0.6 is 24.0 Å². The highest BCUT2D eigenvalue weighted by Crippen LogP contribution is 2.34. The molecule has 2 aromatic carbocycles. The van der Waals surface area contributed by atoms with Crippen LogP contribution < -0.4 is 34.3 Å². The highest BCUT2D eigenvalue weighted by Gasteiger charge is 2.16. The summed E-state index contributed by atoms with van der Waals surface area (Å²) < 4.78 is 27.3. The molecular formula is C24H36IN3O5. The van der Waals surface area contributed by atoms with Crippen LogP contribution in [0.4, 0.5) is 0 Å². The molecule has 0 fully saturated rings. The van der Waals surface area contributed by atoms with Gasteiger partial charge in [0.1, 0.15) is 28.7 Å². The number of methoxy groups -OCH3 is 5. The van der Waals surface area contributed by atoms with Crippen molar-refractivity contribution in [2.45, 2.75) is 26.3 Å². The molecule has 0 aromatic heterocycles. The Bertz CT molecular complexity index is 883. The molecule has 33 heavy (non-hydrogen) atoms. The van der Waals surface area contributed by atoms with Crippen molar-refractivity contribution in [3.63, 3.8) is 0 Å². The summed E-state index contributed by atoms with van der Waals surface area (Å²) in [4.78, 5) is 4.75. The van der Waals surface area contributed by atoms with E-state index in [1.165, 1.54) is 0 Å². The van der Waals surface area contributed by atoms with Crippen molar-refractivity contribution in [2.24, 2.45) is 4.99 Å². The van der Waals surface area contributed by atoms with Gasteiger partial charge in [0.2, 0.25) is 0 Å². The first kappa shape index (κ1) is 28.5. The molecule has 2 N–H and O–H groups in total. The molecule has 2 aromatic rings. The van der Waals surface area contributed by atoms with E-state index >= 15 is 0 Å². The summed E-state index contributed by atoms with van der Waals surface area (Å²) in [5, 5.41) is 6.74. The Morgan fingerprint density at radius 3 is 1.97 bits per heavy atom. The molecule has 1 atom stereocenters. The van der Waals surface area contributed by atoms with Crippen LogP contribution in [-0.2, 0) is 6.42 Å². The third-order valence-corrected chi connectivity index (χ3v) is 5.05. The number of nitrogens with one attached hydrogen (secondary N) is 2. The lowest BCUT2D eigenvalue weighted by atomic mass is 10.1. The lowest BCUT2D eigenvalue weighted by molar-refractivity contribution is 0.369. The number of nitrogens with zero attached hydrogens (tertiary/aromatic N) is 1. The van der Waals surface area contributed by atoms with E-state index in [2.05, 4.69) is 17.6 Å². The second kappa shape index (κ2) is 14.6. The Balaban J connectivity index is 0.00000544. The standard InChI is InChI=1S/C24H35N3O5.HI/c1-8-25-24(27-16(2)20-13-17(28-3)9-10-21(20)30-5)26-12-11-19-22(31-6)14-18(29-4)15-23(19)32-7;/h9-10,13-16H,8,11-12H2,1-7H3,(H2,25,26,27);1H. The number of halogens is 1. The first-order chi connectivity index (χ1) is 15.5. The number of aliphatic imine (C=N–C) groups is 1. The van der Waals surface area contributed by atoms with E-state index in [1.54, 1.807) is 35.5 Å². The monoisotopic (exact) mass is 573 g/mol. The summed E-state index contributed by atoms with van der Waals surface area (Å²) in [6, 6.07) is 9.39. The molecule has 2 rings (SSSR count). The Labute approximate surface area is 214 Å². The maximum Gasteiger partial charge on any atom is 0.191 e. The quantitative estimate of drug-likeness (QED) is 0.237. The zero-order valence-electron chi connectivity index (χ0n) is 20.5. The third-order valence-electron chi connectivity index (χ3n) is 5.05. The molecular weight excluding hydrogens is 537 g/mol. The zero-order valence-corrected chi connectivity index (χ0v) is 22.8. The molecule has 0 aliphatic carbocycles. The van der Waals surface area contributed by atoms with Crippen molar-refractivity contribution in [3.05, 3.63) is 41.5 Å². The van der Waals surface area contributed by atoms with Gasteiger partial charge in [-0.1, -0.05) is 0 Å². The van der Waals surface area contributed by atoms with Gasteiger partial charge in [-0.2, -0.15) is 0 Å². The molecule has 0 spiro atoms. The predicted molar refractivity (Wildman–Crippen MR) is 142 cm³/mol. The van der Waals surface area contributed by atoms with Crippen LogP contribution in [0.25, 0.3) is 0 Å². The second-order valence-electron chi connectivity index (χ2n) is 7.00. The highest BCUT2D eigenvalue weighted by molar-refractivity contribution is 14.0. The van der Waals surface area contributed by atoms with E-state index in [0.717, 1.165) is 29.2 Å². The molecule has 0 amide bonds. The summed E-state index contributed by atoms with van der Waals surface area (Å²) in [7, 11) is 8.19. The maximum absolute atomic E-state index is 5.54. The van der Waals surface area contributed by atoms with Gasteiger partial charge in [-0.05, 0) is 38.5 Å². The van der Waals surface area contributed by atoms with Gasteiger partial charge in [0.15, 0.2) is 5.96 Å². The highest BCUT2D eigenvalue weighted by atomic mass is 127. The van der Waals surface area contributed by atoms with E-state index in [0.29, 0.717) is 36.2 Å².